The number of amides is 1. The van der Waals surface area contributed by atoms with Crippen molar-refractivity contribution in [3.8, 4) is 22.7 Å². The second kappa shape index (κ2) is 10.4. The SMILES string of the molecule is COc1ccc(-c2cc(C(=O)N3CCN(c4ccccc4Cl)CC3)n(-c3ccc(Cl)c(Cl)c3)n2)cc1. The molecule has 0 bridgehead atoms. The molecule has 1 saturated heterocycles. The molecule has 0 saturated carbocycles. The van der Waals surface area contributed by atoms with Crippen LogP contribution in [0.15, 0.2) is 72.8 Å². The second-order valence-corrected chi connectivity index (χ2v) is 9.61. The first-order chi connectivity index (χ1) is 17.4. The third-order valence-electron chi connectivity index (χ3n) is 6.22. The van der Waals surface area contributed by atoms with Crippen molar-refractivity contribution in [1.82, 2.24) is 14.7 Å². The Morgan fingerprint density at radius 1 is 0.833 bits per heavy atom. The van der Waals surface area contributed by atoms with Crippen LogP contribution >= 0.6 is 34.8 Å². The molecule has 4 aromatic rings. The first kappa shape index (κ1) is 24.5. The zero-order valence-corrected chi connectivity index (χ0v) is 21.8. The van der Waals surface area contributed by atoms with Gasteiger partial charge in [-0.3, -0.25) is 4.79 Å². The number of hydrogen-bond acceptors (Lipinski definition) is 4. The summed E-state index contributed by atoms with van der Waals surface area (Å²) in [5.41, 5.74) is 3.62. The van der Waals surface area contributed by atoms with Gasteiger partial charge in [0.15, 0.2) is 0 Å². The van der Waals surface area contributed by atoms with Gasteiger partial charge in [0.1, 0.15) is 11.4 Å². The Morgan fingerprint density at radius 3 is 2.22 bits per heavy atom. The lowest BCUT2D eigenvalue weighted by Crippen LogP contribution is -2.49. The van der Waals surface area contributed by atoms with Crippen molar-refractivity contribution in [1.29, 1.82) is 0 Å². The highest BCUT2D eigenvalue weighted by molar-refractivity contribution is 6.42. The third kappa shape index (κ3) is 4.89. The minimum atomic E-state index is -0.104. The molecule has 0 N–H and O–H groups in total. The van der Waals surface area contributed by atoms with Crippen molar-refractivity contribution >= 4 is 46.4 Å². The van der Waals surface area contributed by atoms with Crippen LogP contribution in [0.2, 0.25) is 15.1 Å². The molecule has 6 nitrogen and oxygen atoms in total. The predicted octanol–water partition coefficient (Wildman–Crippen LogP) is 6.47. The molecule has 0 unspecified atom stereocenters. The van der Waals surface area contributed by atoms with E-state index in [1.165, 1.54) is 0 Å². The van der Waals surface area contributed by atoms with Crippen LogP contribution in [-0.2, 0) is 0 Å². The van der Waals surface area contributed by atoms with Crippen molar-refractivity contribution in [2.45, 2.75) is 0 Å². The van der Waals surface area contributed by atoms with Crippen molar-refractivity contribution in [3.63, 3.8) is 0 Å². The topological polar surface area (TPSA) is 50.6 Å². The van der Waals surface area contributed by atoms with Crippen molar-refractivity contribution in [2.24, 2.45) is 0 Å². The van der Waals surface area contributed by atoms with Crippen molar-refractivity contribution in [3.05, 3.63) is 93.6 Å². The van der Waals surface area contributed by atoms with Crippen LogP contribution in [0, 0.1) is 0 Å². The number of rotatable bonds is 5. The second-order valence-electron chi connectivity index (χ2n) is 8.38. The molecule has 9 heteroatoms. The lowest BCUT2D eigenvalue weighted by molar-refractivity contribution is 0.0737. The fraction of sp³-hybridized carbons (Fsp3) is 0.185. The number of carbonyl (C=O) groups excluding carboxylic acids is 1. The molecule has 2 heterocycles. The number of aromatic nitrogens is 2. The smallest absolute Gasteiger partial charge is 0.272 e. The van der Waals surface area contributed by atoms with Gasteiger partial charge in [-0.1, -0.05) is 46.9 Å². The van der Waals surface area contributed by atoms with E-state index >= 15 is 0 Å². The molecule has 0 aliphatic carbocycles. The zero-order valence-electron chi connectivity index (χ0n) is 19.5. The van der Waals surface area contributed by atoms with Crippen LogP contribution in [0.3, 0.4) is 0 Å². The van der Waals surface area contributed by atoms with Crippen LogP contribution in [0.25, 0.3) is 16.9 Å². The molecular weight excluding hydrogens is 519 g/mol. The number of para-hydroxylation sites is 1. The number of piperazine rings is 1. The van der Waals surface area contributed by atoms with Gasteiger partial charge in [0.2, 0.25) is 0 Å². The first-order valence-corrected chi connectivity index (χ1v) is 12.6. The molecule has 1 amide bonds. The summed E-state index contributed by atoms with van der Waals surface area (Å²) in [6.45, 7) is 2.49. The average molecular weight is 542 g/mol. The molecule has 36 heavy (non-hydrogen) atoms. The third-order valence-corrected chi connectivity index (χ3v) is 7.28. The van der Waals surface area contributed by atoms with E-state index in [0.29, 0.717) is 58.3 Å². The Hall–Kier alpha value is -3.19. The van der Waals surface area contributed by atoms with Gasteiger partial charge in [-0.2, -0.15) is 5.10 Å². The molecule has 1 fully saturated rings. The maximum Gasteiger partial charge on any atom is 0.272 e. The highest BCUT2D eigenvalue weighted by atomic mass is 35.5. The van der Waals surface area contributed by atoms with Gasteiger partial charge in [0.25, 0.3) is 5.91 Å². The minimum Gasteiger partial charge on any atom is -0.497 e. The number of anilines is 1. The highest BCUT2D eigenvalue weighted by Crippen LogP contribution is 2.30. The van der Waals surface area contributed by atoms with E-state index in [2.05, 4.69) is 4.90 Å². The molecule has 1 aliphatic rings. The molecule has 1 aromatic heterocycles. The largest absolute Gasteiger partial charge is 0.497 e. The number of halogens is 3. The zero-order chi connectivity index (χ0) is 25.2. The van der Waals surface area contributed by atoms with E-state index in [9.17, 15) is 4.79 Å². The number of hydrogen-bond donors (Lipinski definition) is 0. The predicted molar refractivity (Wildman–Crippen MR) is 145 cm³/mol. The minimum absolute atomic E-state index is 0.104. The highest BCUT2D eigenvalue weighted by Gasteiger charge is 2.27. The molecule has 0 spiro atoms. The van der Waals surface area contributed by atoms with Crippen LogP contribution in [0.4, 0.5) is 5.69 Å². The van der Waals surface area contributed by atoms with Crippen LogP contribution in [0.1, 0.15) is 10.5 Å². The number of nitrogens with zero attached hydrogens (tertiary/aromatic N) is 4. The van der Waals surface area contributed by atoms with Gasteiger partial charge in [-0.25, -0.2) is 4.68 Å². The summed E-state index contributed by atoms with van der Waals surface area (Å²) in [5, 5.41) is 6.30. The Kier molecular flexibility index (Phi) is 7.10. The van der Waals surface area contributed by atoms with E-state index in [1.54, 1.807) is 30.0 Å². The number of methoxy groups -OCH3 is 1. The molecule has 0 atom stereocenters. The number of carbonyl (C=O) groups is 1. The number of benzene rings is 3. The van der Waals surface area contributed by atoms with Gasteiger partial charge in [-0.05, 0) is 60.7 Å². The summed E-state index contributed by atoms with van der Waals surface area (Å²) >= 11 is 18.8. The molecule has 0 radical (unpaired) electrons. The summed E-state index contributed by atoms with van der Waals surface area (Å²) in [7, 11) is 1.62. The van der Waals surface area contributed by atoms with Crippen LogP contribution < -0.4 is 9.64 Å². The summed E-state index contributed by atoms with van der Waals surface area (Å²) in [6, 6.07) is 22.3. The average Bonchev–Trinajstić information content (AvgIpc) is 3.36. The van der Waals surface area contributed by atoms with Crippen LogP contribution in [0.5, 0.6) is 5.75 Å². The van der Waals surface area contributed by atoms with Gasteiger partial charge < -0.3 is 14.5 Å². The first-order valence-electron chi connectivity index (χ1n) is 11.4. The van der Waals surface area contributed by atoms with E-state index in [0.717, 1.165) is 17.0 Å². The van der Waals surface area contributed by atoms with Gasteiger partial charge >= 0.3 is 0 Å². The Labute approximate surface area is 224 Å². The van der Waals surface area contributed by atoms with E-state index in [-0.39, 0.29) is 5.91 Å². The van der Waals surface area contributed by atoms with Crippen molar-refractivity contribution in [2.75, 3.05) is 38.2 Å². The van der Waals surface area contributed by atoms with Crippen LogP contribution in [-0.4, -0.2) is 53.9 Å². The van der Waals surface area contributed by atoms with Gasteiger partial charge in [0, 0.05) is 31.7 Å². The quantitative estimate of drug-likeness (QED) is 0.291. The number of ether oxygens (including phenoxy) is 1. The lowest BCUT2D eigenvalue weighted by atomic mass is 10.1. The van der Waals surface area contributed by atoms with Gasteiger partial charge in [0.05, 0.1) is 39.2 Å². The summed E-state index contributed by atoms with van der Waals surface area (Å²) in [4.78, 5) is 17.8. The molecule has 1 aliphatic heterocycles. The fourth-order valence-electron chi connectivity index (χ4n) is 4.27. The van der Waals surface area contributed by atoms with Crippen molar-refractivity contribution < 1.29 is 9.53 Å². The molecule has 3 aromatic carbocycles. The Morgan fingerprint density at radius 2 is 1.56 bits per heavy atom. The normalized spacial score (nSPS) is 13.7. The summed E-state index contributed by atoms with van der Waals surface area (Å²) in [6.07, 6.45) is 0. The maximum absolute atomic E-state index is 13.7. The lowest BCUT2D eigenvalue weighted by Gasteiger charge is -2.36. The Bertz CT molecular complexity index is 1400. The van der Waals surface area contributed by atoms with E-state index in [1.807, 2.05) is 59.5 Å². The molecule has 184 valence electrons. The summed E-state index contributed by atoms with van der Waals surface area (Å²) < 4.78 is 6.90. The Balaban J connectivity index is 1.45. The molecular formula is C27H23Cl3N4O2. The fourth-order valence-corrected chi connectivity index (χ4v) is 4.82. The summed E-state index contributed by atoms with van der Waals surface area (Å²) in [5.74, 6) is 0.641. The standard InChI is InChI=1S/C27H23Cl3N4O2/c1-36-20-9-6-18(7-10-20)24-17-26(34(31-24)19-8-11-21(28)23(30)16-19)27(35)33-14-12-32(13-15-33)25-5-3-2-4-22(25)29/h2-11,16-17H,12-15H2,1H3. The monoisotopic (exact) mass is 540 g/mol. The van der Waals surface area contributed by atoms with E-state index < -0.39 is 0 Å². The maximum atomic E-state index is 13.7. The van der Waals surface area contributed by atoms with Gasteiger partial charge in [-0.15, -0.1) is 0 Å². The van der Waals surface area contributed by atoms with E-state index in [4.69, 9.17) is 44.6 Å². The molecule has 5 rings (SSSR count).